The van der Waals surface area contributed by atoms with E-state index in [9.17, 15) is 4.79 Å². The molecule has 2 unspecified atom stereocenters. The van der Waals surface area contributed by atoms with E-state index >= 15 is 0 Å². The van der Waals surface area contributed by atoms with Crippen LogP contribution in [0.1, 0.15) is 26.1 Å². The molecule has 3 N–H and O–H groups in total. The number of likely N-dealkylation sites (N-methyl/N-ethyl adjacent to an activating group) is 1. The van der Waals surface area contributed by atoms with Gasteiger partial charge in [-0.2, -0.15) is 0 Å². The number of aryl methyl sites for hydroxylation is 1. The van der Waals surface area contributed by atoms with Crippen LogP contribution in [-0.2, 0) is 4.79 Å². The van der Waals surface area contributed by atoms with Crippen molar-refractivity contribution in [3.63, 3.8) is 0 Å². The molecule has 1 aromatic heterocycles. The van der Waals surface area contributed by atoms with Crippen molar-refractivity contribution in [1.29, 1.82) is 0 Å². The van der Waals surface area contributed by atoms with Crippen LogP contribution >= 0.6 is 11.8 Å². The predicted octanol–water partition coefficient (Wildman–Crippen LogP) is 1.05. The molecule has 0 amide bonds. The second kappa shape index (κ2) is 5.50. The van der Waals surface area contributed by atoms with Crippen LogP contribution in [0.3, 0.4) is 0 Å². The number of thioether (sulfide) groups is 1. The standard InChI is InChI=1S/C10H18N4O2S/c1-6(5-10(3,11-4)8(15)16)17-9-12-7(2)13-14-9/h6,11H,5H2,1-4H3,(H,15,16)(H,12,13,14). The Labute approximate surface area is 105 Å². The molecule has 0 spiro atoms. The molecule has 0 bridgehead atoms. The van der Waals surface area contributed by atoms with Gasteiger partial charge >= 0.3 is 5.97 Å². The number of rotatable bonds is 6. The Kier molecular flexibility index (Phi) is 4.53. The van der Waals surface area contributed by atoms with Gasteiger partial charge in [0.2, 0.25) is 5.16 Å². The minimum atomic E-state index is -0.919. The van der Waals surface area contributed by atoms with Gasteiger partial charge in [-0.05, 0) is 27.3 Å². The van der Waals surface area contributed by atoms with Crippen molar-refractivity contribution in [1.82, 2.24) is 20.5 Å². The molecular weight excluding hydrogens is 240 g/mol. The molecule has 0 aliphatic heterocycles. The lowest BCUT2D eigenvalue weighted by molar-refractivity contribution is -0.144. The molecule has 96 valence electrons. The largest absolute Gasteiger partial charge is 0.480 e. The zero-order valence-corrected chi connectivity index (χ0v) is 11.3. The molecule has 6 nitrogen and oxygen atoms in total. The van der Waals surface area contributed by atoms with Crippen molar-refractivity contribution in [2.75, 3.05) is 7.05 Å². The van der Waals surface area contributed by atoms with Gasteiger partial charge in [-0.15, -0.1) is 5.10 Å². The van der Waals surface area contributed by atoms with Crippen LogP contribution in [0.5, 0.6) is 0 Å². The zero-order valence-electron chi connectivity index (χ0n) is 10.4. The van der Waals surface area contributed by atoms with Crippen LogP contribution in [0.2, 0.25) is 0 Å². The summed E-state index contributed by atoms with van der Waals surface area (Å²) < 4.78 is 0. The quantitative estimate of drug-likeness (QED) is 0.661. The highest BCUT2D eigenvalue weighted by molar-refractivity contribution is 7.99. The van der Waals surface area contributed by atoms with Crippen LogP contribution in [0.4, 0.5) is 0 Å². The maximum Gasteiger partial charge on any atom is 0.323 e. The molecule has 1 aromatic rings. The minimum absolute atomic E-state index is 0.110. The molecule has 2 atom stereocenters. The normalized spacial score (nSPS) is 16.5. The summed E-state index contributed by atoms with van der Waals surface area (Å²) in [7, 11) is 1.66. The summed E-state index contributed by atoms with van der Waals surface area (Å²) in [6.07, 6.45) is 0.497. The third-order valence-electron chi connectivity index (χ3n) is 2.60. The number of aromatic nitrogens is 3. The van der Waals surface area contributed by atoms with Gasteiger partial charge in [0.15, 0.2) is 0 Å². The smallest absolute Gasteiger partial charge is 0.323 e. The molecule has 0 saturated heterocycles. The fourth-order valence-corrected chi connectivity index (χ4v) is 2.53. The molecule has 0 aliphatic carbocycles. The topological polar surface area (TPSA) is 90.9 Å². The maximum absolute atomic E-state index is 11.1. The predicted molar refractivity (Wildman–Crippen MR) is 66.2 cm³/mol. The fraction of sp³-hybridized carbons (Fsp3) is 0.700. The Morgan fingerprint density at radius 3 is 2.76 bits per heavy atom. The minimum Gasteiger partial charge on any atom is -0.480 e. The second-order valence-electron chi connectivity index (χ2n) is 4.22. The third-order valence-corrected chi connectivity index (χ3v) is 3.57. The Balaban J connectivity index is 2.59. The Bertz CT molecular complexity index is 395. The fourth-order valence-electron chi connectivity index (χ4n) is 1.47. The molecular formula is C10H18N4O2S. The Morgan fingerprint density at radius 1 is 1.71 bits per heavy atom. The number of aliphatic carboxylic acids is 1. The van der Waals surface area contributed by atoms with E-state index < -0.39 is 11.5 Å². The average molecular weight is 258 g/mol. The number of aromatic amines is 1. The molecule has 1 rings (SSSR count). The van der Waals surface area contributed by atoms with E-state index in [1.165, 1.54) is 11.8 Å². The van der Waals surface area contributed by atoms with Crippen LogP contribution < -0.4 is 5.32 Å². The van der Waals surface area contributed by atoms with Gasteiger partial charge in [-0.3, -0.25) is 9.89 Å². The number of nitrogens with one attached hydrogen (secondary N) is 2. The van der Waals surface area contributed by atoms with Crippen LogP contribution in [0, 0.1) is 6.92 Å². The van der Waals surface area contributed by atoms with E-state index in [1.807, 2.05) is 13.8 Å². The van der Waals surface area contributed by atoms with Crippen molar-refractivity contribution in [2.24, 2.45) is 0 Å². The van der Waals surface area contributed by atoms with Crippen molar-refractivity contribution >= 4 is 17.7 Å². The van der Waals surface area contributed by atoms with E-state index in [-0.39, 0.29) is 5.25 Å². The lowest BCUT2D eigenvalue weighted by Crippen LogP contribution is -2.49. The van der Waals surface area contributed by atoms with E-state index in [4.69, 9.17) is 5.11 Å². The van der Waals surface area contributed by atoms with Crippen LogP contribution in [0.15, 0.2) is 5.16 Å². The number of hydrogen-bond acceptors (Lipinski definition) is 5. The van der Waals surface area contributed by atoms with Crippen LogP contribution in [0.25, 0.3) is 0 Å². The van der Waals surface area contributed by atoms with Crippen molar-refractivity contribution < 1.29 is 9.90 Å². The number of carboxylic acid groups (broad SMARTS) is 1. The summed E-state index contributed by atoms with van der Waals surface area (Å²) in [5.41, 5.74) is -0.919. The summed E-state index contributed by atoms with van der Waals surface area (Å²) in [6.45, 7) is 5.47. The summed E-state index contributed by atoms with van der Waals surface area (Å²) in [6, 6.07) is 0. The lowest BCUT2D eigenvalue weighted by Gasteiger charge is -2.26. The van der Waals surface area contributed by atoms with Gasteiger partial charge in [0.1, 0.15) is 11.4 Å². The van der Waals surface area contributed by atoms with Crippen molar-refractivity contribution in [2.45, 2.75) is 43.1 Å². The monoisotopic (exact) mass is 258 g/mol. The van der Waals surface area contributed by atoms with E-state index in [2.05, 4.69) is 20.5 Å². The highest BCUT2D eigenvalue weighted by Gasteiger charge is 2.33. The number of carboxylic acids is 1. The van der Waals surface area contributed by atoms with Gasteiger partial charge in [0.05, 0.1) is 0 Å². The van der Waals surface area contributed by atoms with Crippen molar-refractivity contribution in [3.05, 3.63) is 5.82 Å². The molecule has 1 heterocycles. The summed E-state index contributed by atoms with van der Waals surface area (Å²) in [5.74, 6) is -0.0899. The SMILES string of the molecule is CNC(C)(CC(C)Sc1n[nH]c(C)n1)C(=O)O. The van der Waals surface area contributed by atoms with Gasteiger partial charge in [0, 0.05) is 5.25 Å². The van der Waals surface area contributed by atoms with Gasteiger partial charge in [0.25, 0.3) is 0 Å². The molecule has 0 saturated carbocycles. The molecule has 0 fully saturated rings. The molecule has 0 radical (unpaired) electrons. The molecule has 0 aromatic carbocycles. The van der Waals surface area contributed by atoms with Gasteiger partial charge in [-0.25, -0.2) is 4.98 Å². The highest BCUT2D eigenvalue weighted by Crippen LogP contribution is 2.26. The van der Waals surface area contributed by atoms with E-state index in [0.29, 0.717) is 11.6 Å². The lowest BCUT2D eigenvalue weighted by atomic mass is 9.97. The molecule has 7 heteroatoms. The molecule has 17 heavy (non-hydrogen) atoms. The second-order valence-corrected chi connectivity index (χ2v) is 5.63. The summed E-state index contributed by atoms with van der Waals surface area (Å²) >= 11 is 1.47. The van der Waals surface area contributed by atoms with Crippen molar-refractivity contribution in [3.8, 4) is 0 Å². The number of carbonyl (C=O) groups is 1. The number of nitrogens with zero attached hydrogens (tertiary/aromatic N) is 2. The maximum atomic E-state index is 11.1. The highest BCUT2D eigenvalue weighted by atomic mass is 32.2. The first-order valence-electron chi connectivity index (χ1n) is 5.35. The Hall–Kier alpha value is -1.08. The van der Waals surface area contributed by atoms with Gasteiger partial charge < -0.3 is 10.4 Å². The average Bonchev–Trinajstić information content (AvgIpc) is 2.63. The zero-order chi connectivity index (χ0) is 13.1. The summed E-state index contributed by atoms with van der Waals surface area (Å²) in [5, 5.41) is 19.5. The number of H-pyrrole nitrogens is 1. The number of hydrogen-bond donors (Lipinski definition) is 3. The van der Waals surface area contributed by atoms with E-state index in [0.717, 1.165) is 5.82 Å². The first-order chi connectivity index (χ1) is 7.87. The third kappa shape index (κ3) is 3.71. The van der Waals surface area contributed by atoms with Gasteiger partial charge in [-0.1, -0.05) is 18.7 Å². The summed E-state index contributed by atoms with van der Waals surface area (Å²) in [4.78, 5) is 15.3. The first-order valence-corrected chi connectivity index (χ1v) is 6.23. The molecule has 0 aliphatic rings. The Morgan fingerprint density at radius 2 is 2.35 bits per heavy atom. The van der Waals surface area contributed by atoms with E-state index in [1.54, 1.807) is 14.0 Å². The van der Waals surface area contributed by atoms with Crippen LogP contribution in [-0.4, -0.2) is 44.1 Å². The first kappa shape index (κ1) is 14.0.